The number of para-hydroxylation sites is 1. The first-order chi connectivity index (χ1) is 6.57. The Bertz CT molecular complexity index is 312. The Hall–Kier alpha value is -1.26. The maximum Gasteiger partial charge on any atom is 0.162 e. The second kappa shape index (κ2) is 4.30. The van der Waals surface area contributed by atoms with Crippen LogP contribution in [0, 0.1) is 0 Å². The minimum Gasteiger partial charge on any atom is -0.504 e. The summed E-state index contributed by atoms with van der Waals surface area (Å²) in [5.74, 6) is 0.349. The van der Waals surface area contributed by atoms with Crippen LogP contribution in [0.15, 0.2) is 18.2 Å². The van der Waals surface area contributed by atoms with Crippen LogP contribution in [-0.4, -0.2) is 23.4 Å². The standard InChI is InChI=1S/C10H15NO3/c1-6(12)9(11)7-4-3-5-8(14-2)10(7)13/h3-6,9,12-13H,11H2,1-2H3/t6-,9+/m1/s1. The lowest BCUT2D eigenvalue weighted by Crippen LogP contribution is -2.23. The first-order valence-electron chi connectivity index (χ1n) is 4.37. The van der Waals surface area contributed by atoms with E-state index in [9.17, 15) is 10.2 Å². The molecule has 2 atom stereocenters. The molecule has 4 nitrogen and oxygen atoms in total. The monoisotopic (exact) mass is 197 g/mol. The van der Waals surface area contributed by atoms with Gasteiger partial charge in [-0.15, -0.1) is 0 Å². The van der Waals surface area contributed by atoms with Gasteiger partial charge in [0.05, 0.1) is 19.3 Å². The molecule has 1 aromatic rings. The molecule has 0 amide bonds. The maximum atomic E-state index is 9.69. The number of benzene rings is 1. The number of ether oxygens (including phenoxy) is 1. The molecule has 0 saturated heterocycles. The Morgan fingerprint density at radius 3 is 2.57 bits per heavy atom. The zero-order valence-electron chi connectivity index (χ0n) is 8.27. The van der Waals surface area contributed by atoms with Crippen molar-refractivity contribution in [2.45, 2.75) is 19.1 Å². The average molecular weight is 197 g/mol. The van der Waals surface area contributed by atoms with Crippen LogP contribution in [0.5, 0.6) is 11.5 Å². The molecule has 0 aliphatic rings. The first-order valence-corrected chi connectivity index (χ1v) is 4.37. The molecule has 1 rings (SSSR count). The van der Waals surface area contributed by atoms with Gasteiger partial charge < -0.3 is 20.7 Å². The number of phenols is 1. The lowest BCUT2D eigenvalue weighted by atomic mass is 10.0. The number of aromatic hydroxyl groups is 1. The van der Waals surface area contributed by atoms with Gasteiger partial charge in [-0.2, -0.15) is 0 Å². The highest BCUT2D eigenvalue weighted by molar-refractivity contribution is 5.46. The van der Waals surface area contributed by atoms with Crippen LogP contribution >= 0.6 is 0 Å². The molecule has 0 fully saturated rings. The van der Waals surface area contributed by atoms with Crippen molar-refractivity contribution in [3.63, 3.8) is 0 Å². The van der Waals surface area contributed by atoms with Gasteiger partial charge in [-0.3, -0.25) is 0 Å². The molecule has 4 N–H and O–H groups in total. The summed E-state index contributed by atoms with van der Waals surface area (Å²) in [7, 11) is 1.47. The highest BCUT2D eigenvalue weighted by Crippen LogP contribution is 2.33. The fourth-order valence-electron chi connectivity index (χ4n) is 1.23. The van der Waals surface area contributed by atoms with Crippen molar-refractivity contribution in [1.29, 1.82) is 0 Å². The second-order valence-corrected chi connectivity index (χ2v) is 3.16. The van der Waals surface area contributed by atoms with Crippen molar-refractivity contribution in [2.75, 3.05) is 7.11 Å². The number of hydrogen-bond donors (Lipinski definition) is 3. The Labute approximate surface area is 82.9 Å². The van der Waals surface area contributed by atoms with Crippen molar-refractivity contribution in [2.24, 2.45) is 5.73 Å². The summed E-state index contributed by atoms with van der Waals surface area (Å²) in [6, 6.07) is 4.41. The summed E-state index contributed by atoms with van der Waals surface area (Å²) in [4.78, 5) is 0. The number of phenolic OH excluding ortho intramolecular Hbond substituents is 1. The van der Waals surface area contributed by atoms with E-state index in [-0.39, 0.29) is 5.75 Å². The molecule has 0 aromatic heterocycles. The van der Waals surface area contributed by atoms with E-state index in [1.807, 2.05) is 0 Å². The van der Waals surface area contributed by atoms with E-state index >= 15 is 0 Å². The van der Waals surface area contributed by atoms with Gasteiger partial charge in [0.25, 0.3) is 0 Å². The maximum absolute atomic E-state index is 9.69. The second-order valence-electron chi connectivity index (χ2n) is 3.16. The minimum absolute atomic E-state index is 0.0107. The quantitative estimate of drug-likeness (QED) is 0.669. The minimum atomic E-state index is -0.715. The summed E-state index contributed by atoms with van der Waals surface area (Å²) >= 11 is 0. The highest BCUT2D eigenvalue weighted by Gasteiger charge is 2.17. The molecule has 0 radical (unpaired) electrons. The van der Waals surface area contributed by atoms with E-state index in [1.165, 1.54) is 7.11 Å². The van der Waals surface area contributed by atoms with Crippen LogP contribution < -0.4 is 10.5 Å². The predicted molar refractivity (Wildman–Crippen MR) is 53.3 cm³/mol. The smallest absolute Gasteiger partial charge is 0.162 e. The molecule has 0 aliphatic heterocycles. The fourth-order valence-corrected chi connectivity index (χ4v) is 1.23. The van der Waals surface area contributed by atoms with Gasteiger partial charge in [0, 0.05) is 5.56 Å². The molecule has 0 unspecified atom stereocenters. The van der Waals surface area contributed by atoms with Crippen molar-refractivity contribution in [3.8, 4) is 11.5 Å². The largest absolute Gasteiger partial charge is 0.504 e. The molecule has 0 bridgehead atoms. The summed E-state index contributed by atoms with van der Waals surface area (Å²) in [5.41, 5.74) is 6.18. The number of aliphatic hydroxyl groups is 1. The molecule has 14 heavy (non-hydrogen) atoms. The summed E-state index contributed by atoms with van der Waals surface area (Å²) < 4.78 is 4.93. The third-order valence-electron chi connectivity index (χ3n) is 2.13. The summed E-state index contributed by atoms with van der Waals surface area (Å²) in [6.45, 7) is 1.57. The molecular weight excluding hydrogens is 182 g/mol. The van der Waals surface area contributed by atoms with E-state index in [2.05, 4.69) is 0 Å². The third kappa shape index (κ3) is 1.97. The number of rotatable bonds is 3. The van der Waals surface area contributed by atoms with Crippen LogP contribution in [0.1, 0.15) is 18.5 Å². The van der Waals surface area contributed by atoms with Gasteiger partial charge >= 0.3 is 0 Å². The zero-order chi connectivity index (χ0) is 10.7. The molecule has 0 saturated carbocycles. The van der Waals surface area contributed by atoms with E-state index < -0.39 is 12.1 Å². The molecule has 0 heterocycles. The van der Waals surface area contributed by atoms with Gasteiger partial charge in [-0.05, 0) is 13.0 Å². The summed E-state index contributed by atoms with van der Waals surface area (Å²) in [6.07, 6.45) is -0.715. The van der Waals surface area contributed by atoms with Crippen LogP contribution in [0.25, 0.3) is 0 Å². The summed E-state index contributed by atoms with van der Waals surface area (Å²) in [5, 5.41) is 19.0. The van der Waals surface area contributed by atoms with Gasteiger partial charge in [-0.25, -0.2) is 0 Å². The fraction of sp³-hybridized carbons (Fsp3) is 0.400. The molecule has 4 heteroatoms. The first kappa shape index (κ1) is 10.8. The van der Waals surface area contributed by atoms with Gasteiger partial charge in [-0.1, -0.05) is 12.1 Å². The van der Waals surface area contributed by atoms with Crippen molar-refractivity contribution >= 4 is 0 Å². The van der Waals surface area contributed by atoms with Crippen molar-refractivity contribution < 1.29 is 14.9 Å². The lowest BCUT2D eigenvalue weighted by Gasteiger charge is -2.17. The molecule has 1 aromatic carbocycles. The van der Waals surface area contributed by atoms with E-state index in [4.69, 9.17) is 10.5 Å². The van der Waals surface area contributed by atoms with Crippen LogP contribution in [-0.2, 0) is 0 Å². The number of hydrogen-bond acceptors (Lipinski definition) is 4. The predicted octanol–water partition coefficient (Wildman–Crippen LogP) is 0.781. The molecule has 0 aliphatic carbocycles. The molecular formula is C10H15NO3. The van der Waals surface area contributed by atoms with Crippen molar-refractivity contribution in [3.05, 3.63) is 23.8 Å². The van der Waals surface area contributed by atoms with E-state index in [1.54, 1.807) is 25.1 Å². The number of aliphatic hydroxyl groups excluding tert-OH is 1. The van der Waals surface area contributed by atoms with Crippen molar-refractivity contribution in [1.82, 2.24) is 0 Å². The van der Waals surface area contributed by atoms with Crippen LogP contribution in [0.2, 0.25) is 0 Å². The van der Waals surface area contributed by atoms with Crippen LogP contribution in [0.4, 0.5) is 0 Å². The number of nitrogens with two attached hydrogens (primary N) is 1. The van der Waals surface area contributed by atoms with E-state index in [0.717, 1.165) is 0 Å². The Balaban J connectivity index is 3.09. The average Bonchev–Trinajstić information content (AvgIpc) is 2.17. The number of methoxy groups -OCH3 is 1. The topological polar surface area (TPSA) is 75.7 Å². The Morgan fingerprint density at radius 1 is 1.43 bits per heavy atom. The van der Waals surface area contributed by atoms with Gasteiger partial charge in [0.15, 0.2) is 11.5 Å². The molecule has 0 spiro atoms. The normalized spacial score (nSPS) is 14.9. The van der Waals surface area contributed by atoms with Gasteiger partial charge in [0.2, 0.25) is 0 Å². The SMILES string of the molecule is COc1cccc([C@@H](N)[C@@H](C)O)c1O. The lowest BCUT2D eigenvalue weighted by molar-refractivity contribution is 0.162. The molecule has 78 valence electrons. The van der Waals surface area contributed by atoms with E-state index in [0.29, 0.717) is 11.3 Å². The highest BCUT2D eigenvalue weighted by atomic mass is 16.5. The van der Waals surface area contributed by atoms with Gasteiger partial charge in [0.1, 0.15) is 0 Å². The van der Waals surface area contributed by atoms with Crippen LogP contribution in [0.3, 0.4) is 0 Å². The zero-order valence-corrected chi connectivity index (χ0v) is 8.27. The Kier molecular flexibility index (Phi) is 3.33. The third-order valence-corrected chi connectivity index (χ3v) is 2.13. The Morgan fingerprint density at radius 2 is 2.07 bits per heavy atom.